The van der Waals surface area contributed by atoms with Crippen molar-refractivity contribution in [2.45, 2.75) is 50.5 Å². The number of hydrogen-bond acceptors (Lipinski definition) is 4. The van der Waals surface area contributed by atoms with Gasteiger partial charge in [-0.2, -0.15) is 13.2 Å². The van der Waals surface area contributed by atoms with Crippen LogP contribution >= 0.6 is 23.8 Å². The molecule has 2 aromatic carbocycles. The third-order valence-corrected chi connectivity index (χ3v) is 9.27. The maximum atomic E-state index is 15.6. The van der Waals surface area contributed by atoms with Crippen molar-refractivity contribution in [3.8, 4) is 0 Å². The molecular weight excluding hydrogens is 587 g/mol. The van der Waals surface area contributed by atoms with Crippen LogP contribution in [0.3, 0.4) is 0 Å². The number of carbonyl (C=O) groups is 1. The molecule has 0 bridgehead atoms. The topological polar surface area (TPSA) is 62.5 Å². The smallest absolute Gasteiger partial charge is 0.416 e. The van der Waals surface area contributed by atoms with Crippen molar-refractivity contribution < 1.29 is 31.9 Å². The van der Waals surface area contributed by atoms with E-state index in [1.54, 1.807) is 11.0 Å². The molecule has 0 radical (unpaired) electrons. The van der Waals surface area contributed by atoms with Gasteiger partial charge in [0.05, 0.1) is 33.2 Å². The Kier molecular flexibility index (Phi) is 6.69. The van der Waals surface area contributed by atoms with Gasteiger partial charge in [0, 0.05) is 32.1 Å². The standard InChI is InChI=1S/C29H24ClF5N2O3S/c30-23-24-18(26(38)19(27(39)40)12-37(24)22-10-20(22)31)9-21(32)25(23)36-11-16(28(13-36)4-5-28)8-17(41)7-14-2-1-3-15(6-14)29(33,34)35/h1-3,6,9,12,16,20,22H,4-5,7-8,10-11,13H2,(H,39,40). The van der Waals surface area contributed by atoms with Crippen LogP contribution in [0.15, 0.2) is 41.3 Å². The van der Waals surface area contributed by atoms with Gasteiger partial charge in [-0.05, 0) is 53.2 Å². The van der Waals surface area contributed by atoms with Crippen LogP contribution < -0.4 is 10.3 Å². The number of aromatic carboxylic acids is 1. The van der Waals surface area contributed by atoms with Gasteiger partial charge in [0.1, 0.15) is 17.6 Å². The van der Waals surface area contributed by atoms with Crippen LogP contribution in [0.2, 0.25) is 5.02 Å². The molecule has 1 N–H and O–H groups in total. The lowest BCUT2D eigenvalue weighted by molar-refractivity contribution is -0.137. The Labute approximate surface area is 241 Å². The van der Waals surface area contributed by atoms with E-state index in [1.807, 2.05) is 0 Å². The van der Waals surface area contributed by atoms with Crippen molar-refractivity contribution in [1.29, 1.82) is 0 Å². The van der Waals surface area contributed by atoms with E-state index in [0.717, 1.165) is 37.2 Å². The van der Waals surface area contributed by atoms with E-state index in [1.165, 1.54) is 10.6 Å². The molecule has 1 aromatic heterocycles. The maximum Gasteiger partial charge on any atom is 0.416 e. The van der Waals surface area contributed by atoms with E-state index < -0.39 is 46.7 Å². The highest BCUT2D eigenvalue weighted by Crippen LogP contribution is 2.59. The van der Waals surface area contributed by atoms with Gasteiger partial charge in [0.2, 0.25) is 5.43 Å². The number of nitrogens with zero attached hydrogens (tertiary/aromatic N) is 2. The molecule has 0 amide bonds. The van der Waals surface area contributed by atoms with Gasteiger partial charge in [-0.1, -0.05) is 42.0 Å². The summed E-state index contributed by atoms with van der Waals surface area (Å²) in [6, 6.07) is 5.35. The first-order chi connectivity index (χ1) is 19.3. The lowest BCUT2D eigenvalue weighted by Crippen LogP contribution is -2.24. The molecule has 5 nitrogen and oxygen atoms in total. The second-order valence-corrected chi connectivity index (χ2v) is 12.3. The molecule has 2 aliphatic carbocycles. The SMILES string of the molecule is O=C(O)c1cn(C2CC2F)c2c(Cl)c(N3CC(CC(=S)Cc4cccc(C(F)(F)F)c4)C4(CC4)C3)c(F)cc2c1=O. The molecule has 3 aromatic rings. The van der Waals surface area contributed by atoms with Gasteiger partial charge >= 0.3 is 12.1 Å². The van der Waals surface area contributed by atoms with E-state index in [-0.39, 0.29) is 45.8 Å². The number of hydrogen-bond donors (Lipinski definition) is 1. The van der Waals surface area contributed by atoms with Gasteiger partial charge < -0.3 is 14.6 Å². The molecule has 3 atom stereocenters. The molecule has 3 unspecified atom stereocenters. The summed E-state index contributed by atoms with van der Waals surface area (Å²) in [6.07, 6.45) is -2.05. The molecule has 1 aliphatic heterocycles. The van der Waals surface area contributed by atoms with Gasteiger partial charge in [-0.15, -0.1) is 0 Å². The minimum atomic E-state index is -4.45. The fourth-order valence-corrected chi connectivity index (χ4v) is 7.00. The molecule has 6 rings (SSSR count). The number of rotatable bonds is 7. The van der Waals surface area contributed by atoms with Crippen LogP contribution in [0.1, 0.15) is 53.2 Å². The molecule has 41 heavy (non-hydrogen) atoms. The Balaban J connectivity index is 1.30. The minimum Gasteiger partial charge on any atom is -0.477 e. The lowest BCUT2D eigenvalue weighted by atomic mass is 9.87. The Morgan fingerprint density at radius 3 is 2.54 bits per heavy atom. The maximum absolute atomic E-state index is 15.6. The first-order valence-electron chi connectivity index (χ1n) is 13.2. The number of carboxylic acid groups (broad SMARTS) is 1. The normalized spacial score (nSPS) is 22.9. The van der Waals surface area contributed by atoms with Gasteiger partial charge in [0.25, 0.3) is 0 Å². The molecule has 3 fully saturated rings. The number of benzene rings is 2. The molecule has 3 aliphatic rings. The molecular formula is C29H24ClF5N2O3S. The summed E-state index contributed by atoms with van der Waals surface area (Å²) in [5.41, 5.74) is -1.74. The monoisotopic (exact) mass is 610 g/mol. The highest BCUT2D eigenvalue weighted by Gasteiger charge is 2.55. The lowest BCUT2D eigenvalue weighted by Gasteiger charge is -2.23. The highest BCUT2D eigenvalue weighted by molar-refractivity contribution is 7.80. The van der Waals surface area contributed by atoms with Gasteiger partial charge in [-0.3, -0.25) is 4.79 Å². The third kappa shape index (κ3) is 5.01. The fourth-order valence-electron chi connectivity index (χ4n) is 6.22. The predicted octanol–water partition coefficient (Wildman–Crippen LogP) is 7.01. The molecule has 1 saturated heterocycles. The van der Waals surface area contributed by atoms with E-state index in [4.69, 9.17) is 23.8 Å². The number of aromatic nitrogens is 1. The van der Waals surface area contributed by atoms with Crippen molar-refractivity contribution in [3.63, 3.8) is 0 Å². The summed E-state index contributed by atoms with van der Waals surface area (Å²) >= 11 is 12.4. The van der Waals surface area contributed by atoms with E-state index >= 15 is 4.39 Å². The van der Waals surface area contributed by atoms with Crippen molar-refractivity contribution in [1.82, 2.24) is 4.57 Å². The van der Waals surface area contributed by atoms with Crippen LogP contribution in [0, 0.1) is 17.2 Å². The Hall–Kier alpha value is -3.05. The molecule has 2 heterocycles. The van der Waals surface area contributed by atoms with Crippen LogP contribution in [-0.4, -0.2) is 39.8 Å². The minimum absolute atomic E-state index is 0.0159. The fraction of sp³-hybridized carbons (Fsp3) is 0.414. The van der Waals surface area contributed by atoms with Gasteiger partial charge in [0.15, 0.2) is 0 Å². The van der Waals surface area contributed by atoms with Crippen molar-refractivity contribution >= 4 is 51.2 Å². The summed E-state index contributed by atoms with van der Waals surface area (Å²) in [5.74, 6) is -2.27. The zero-order valence-electron chi connectivity index (χ0n) is 21.5. The van der Waals surface area contributed by atoms with E-state index in [9.17, 15) is 32.3 Å². The van der Waals surface area contributed by atoms with E-state index in [0.29, 0.717) is 29.9 Å². The van der Waals surface area contributed by atoms with E-state index in [2.05, 4.69) is 0 Å². The average Bonchev–Trinajstić information content (AvgIpc) is 3.79. The van der Waals surface area contributed by atoms with Crippen LogP contribution in [0.25, 0.3) is 10.9 Å². The number of halogens is 6. The first-order valence-corrected chi connectivity index (χ1v) is 13.9. The summed E-state index contributed by atoms with van der Waals surface area (Å²) in [6.45, 7) is 0.857. The van der Waals surface area contributed by atoms with Crippen molar-refractivity contribution in [3.05, 3.63) is 74.3 Å². The summed E-state index contributed by atoms with van der Waals surface area (Å²) in [5, 5.41) is 9.17. The predicted molar refractivity (Wildman–Crippen MR) is 148 cm³/mol. The number of fused-ring (bicyclic) bond motifs is 1. The zero-order chi connectivity index (χ0) is 29.4. The molecule has 2 saturated carbocycles. The molecule has 12 heteroatoms. The van der Waals surface area contributed by atoms with Crippen LogP contribution in [-0.2, 0) is 12.6 Å². The Morgan fingerprint density at radius 2 is 1.93 bits per heavy atom. The van der Waals surface area contributed by atoms with Crippen LogP contribution in [0.4, 0.5) is 27.6 Å². The second kappa shape index (κ2) is 9.76. The van der Waals surface area contributed by atoms with Gasteiger partial charge in [-0.25, -0.2) is 13.6 Å². The number of pyridine rings is 1. The number of carboxylic acids is 1. The largest absolute Gasteiger partial charge is 0.477 e. The number of alkyl halides is 4. The van der Waals surface area contributed by atoms with Crippen molar-refractivity contribution in [2.75, 3.05) is 18.0 Å². The summed E-state index contributed by atoms with van der Waals surface area (Å²) < 4.78 is 70.5. The Morgan fingerprint density at radius 1 is 1.22 bits per heavy atom. The quantitative estimate of drug-likeness (QED) is 0.230. The number of anilines is 1. The van der Waals surface area contributed by atoms with Crippen LogP contribution in [0.5, 0.6) is 0 Å². The highest BCUT2D eigenvalue weighted by atomic mass is 35.5. The zero-order valence-corrected chi connectivity index (χ0v) is 23.1. The summed E-state index contributed by atoms with van der Waals surface area (Å²) in [7, 11) is 0. The number of thiocarbonyl (C=S) groups is 1. The average molecular weight is 611 g/mol. The Bertz CT molecular complexity index is 1670. The van der Waals surface area contributed by atoms with Crippen molar-refractivity contribution in [2.24, 2.45) is 11.3 Å². The second-order valence-electron chi connectivity index (χ2n) is 11.4. The summed E-state index contributed by atoms with van der Waals surface area (Å²) in [4.78, 5) is 27.0. The first kappa shape index (κ1) is 28.1. The molecule has 1 spiro atoms. The third-order valence-electron chi connectivity index (χ3n) is 8.60. The molecule has 216 valence electrons.